The molecule has 0 aliphatic carbocycles. The third-order valence-electron chi connectivity index (χ3n) is 5.06. The van der Waals surface area contributed by atoms with Crippen molar-refractivity contribution in [3.63, 3.8) is 0 Å². The van der Waals surface area contributed by atoms with E-state index in [2.05, 4.69) is 10.2 Å². The zero-order valence-electron chi connectivity index (χ0n) is 17.5. The number of carbonyl (C=O) groups excluding carboxylic acids is 1. The highest BCUT2D eigenvalue weighted by molar-refractivity contribution is 5.83. The summed E-state index contributed by atoms with van der Waals surface area (Å²) in [5.41, 5.74) is 2.97. The van der Waals surface area contributed by atoms with Gasteiger partial charge in [0, 0.05) is 17.7 Å². The minimum atomic E-state index is -0.581. The van der Waals surface area contributed by atoms with Gasteiger partial charge in [-0.05, 0) is 48.5 Å². The third kappa shape index (κ3) is 4.05. The Labute approximate surface area is 180 Å². The molecule has 0 spiro atoms. The summed E-state index contributed by atoms with van der Waals surface area (Å²) in [5.74, 6) is 1.47. The van der Waals surface area contributed by atoms with Gasteiger partial charge in [0.25, 0.3) is 0 Å². The van der Waals surface area contributed by atoms with Crippen LogP contribution in [-0.4, -0.2) is 55.1 Å². The second-order valence-corrected chi connectivity index (χ2v) is 6.81. The van der Waals surface area contributed by atoms with Crippen molar-refractivity contribution in [3.05, 3.63) is 60.7 Å². The minimum Gasteiger partial charge on any atom is -0.497 e. The lowest BCUT2D eigenvalue weighted by molar-refractivity contribution is -0.140. The number of anilines is 1. The maximum absolute atomic E-state index is 12.2. The molecular formula is C23H22N4O4. The Hall–Kier alpha value is -3.94. The standard InChI is InChI=1S/C23H22N4O4/c1-29-17-10-6-15(7-11-17)20-21(16-8-12-18(30-2)13-9-16)25-26-23(24-20)27-14-4-5-19(27)22(28)31-3/h4-13,19H,14H2,1-3H3. The third-order valence-corrected chi connectivity index (χ3v) is 5.06. The van der Waals surface area contributed by atoms with Gasteiger partial charge >= 0.3 is 5.97 Å². The Morgan fingerprint density at radius 3 is 2.00 bits per heavy atom. The van der Waals surface area contributed by atoms with Crippen LogP contribution in [0.3, 0.4) is 0 Å². The van der Waals surface area contributed by atoms with E-state index in [9.17, 15) is 4.79 Å². The van der Waals surface area contributed by atoms with Crippen molar-refractivity contribution in [2.24, 2.45) is 0 Å². The van der Waals surface area contributed by atoms with E-state index < -0.39 is 6.04 Å². The summed E-state index contributed by atoms with van der Waals surface area (Å²) in [5, 5.41) is 8.81. The lowest BCUT2D eigenvalue weighted by Gasteiger charge is -2.23. The minimum absolute atomic E-state index is 0.350. The molecule has 0 amide bonds. The second kappa shape index (κ2) is 8.83. The molecule has 0 saturated heterocycles. The largest absolute Gasteiger partial charge is 0.497 e. The molecule has 0 saturated carbocycles. The van der Waals surface area contributed by atoms with E-state index >= 15 is 0 Å². The highest BCUT2D eigenvalue weighted by Gasteiger charge is 2.30. The summed E-state index contributed by atoms with van der Waals surface area (Å²) in [6.45, 7) is 0.491. The van der Waals surface area contributed by atoms with Gasteiger partial charge in [-0.2, -0.15) is 0 Å². The molecule has 1 aliphatic heterocycles. The van der Waals surface area contributed by atoms with E-state index in [1.807, 2.05) is 54.6 Å². The maximum atomic E-state index is 12.2. The smallest absolute Gasteiger partial charge is 0.332 e. The predicted octanol–water partition coefficient (Wildman–Crippen LogP) is 3.14. The average molecular weight is 418 g/mol. The number of hydrogen-bond acceptors (Lipinski definition) is 8. The number of ether oxygens (including phenoxy) is 3. The quantitative estimate of drug-likeness (QED) is 0.446. The summed E-state index contributed by atoms with van der Waals surface area (Å²) in [7, 11) is 4.60. The molecule has 1 atom stereocenters. The Kier molecular flexibility index (Phi) is 5.79. The normalized spacial score (nSPS) is 15.1. The highest BCUT2D eigenvalue weighted by atomic mass is 16.5. The van der Waals surface area contributed by atoms with Gasteiger partial charge in [-0.25, -0.2) is 9.78 Å². The molecule has 8 heteroatoms. The first-order chi connectivity index (χ1) is 15.1. The topological polar surface area (TPSA) is 86.7 Å². The van der Waals surface area contributed by atoms with Gasteiger partial charge in [0.05, 0.1) is 21.3 Å². The first-order valence-corrected chi connectivity index (χ1v) is 9.69. The summed E-state index contributed by atoms with van der Waals surface area (Å²) in [4.78, 5) is 18.7. The number of rotatable bonds is 6. The Morgan fingerprint density at radius 2 is 1.45 bits per heavy atom. The van der Waals surface area contributed by atoms with Gasteiger partial charge in [-0.3, -0.25) is 0 Å². The van der Waals surface area contributed by atoms with E-state index in [1.54, 1.807) is 25.2 Å². The number of aromatic nitrogens is 3. The summed E-state index contributed by atoms with van der Waals surface area (Å²) in [6, 6.07) is 14.5. The van der Waals surface area contributed by atoms with E-state index in [-0.39, 0.29) is 5.97 Å². The highest BCUT2D eigenvalue weighted by Crippen LogP contribution is 2.32. The van der Waals surface area contributed by atoms with Crippen molar-refractivity contribution in [2.45, 2.75) is 6.04 Å². The Bertz CT molecular complexity index is 1100. The Morgan fingerprint density at radius 1 is 0.871 bits per heavy atom. The van der Waals surface area contributed by atoms with E-state index in [0.29, 0.717) is 23.9 Å². The van der Waals surface area contributed by atoms with Crippen molar-refractivity contribution in [1.29, 1.82) is 0 Å². The maximum Gasteiger partial charge on any atom is 0.332 e. The molecule has 0 fully saturated rings. The molecule has 3 aromatic rings. The van der Waals surface area contributed by atoms with Crippen molar-refractivity contribution in [3.8, 4) is 34.0 Å². The zero-order valence-corrected chi connectivity index (χ0v) is 17.5. The van der Waals surface area contributed by atoms with Gasteiger partial charge in [0.1, 0.15) is 28.9 Å². The molecule has 4 rings (SSSR count). The van der Waals surface area contributed by atoms with Gasteiger partial charge in [-0.15, -0.1) is 10.2 Å². The lowest BCUT2D eigenvalue weighted by Crippen LogP contribution is -2.38. The van der Waals surface area contributed by atoms with Crippen LogP contribution in [0.1, 0.15) is 0 Å². The SMILES string of the molecule is COC(=O)C1C=CCN1c1nnc(-c2ccc(OC)cc2)c(-c2ccc(OC)cc2)n1. The molecular weight excluding hydrogens is 396 g/mol. The van der Waals surface area contributed by atoms with E-state index in [0.717, 1.165) is 22.6 Å². The second-order valence-electron chi connectivity index (χ2n) is 6.81. The van der Waals surface area contributed by atoms with Crippen molar-refractivity contribution < 1.29 is 19.0 Å². The number of hydrogen-bond donors (Lipinski definition) is 0. The van der Waals surface area contributed by atoms with Gasteiger partial charge in [-0.1, -0.05) is 12.2 Å². The molecule has 2 heterocycles. The first-order valence-electron chi connectivity index (χ1n) is 9.69. The number of carbonyl (C=O) groups is 1. The first kappa shape index (κ1) is 20.3. The fourth-order valence-corrected chi connectivity index (χ4v) is 3.39. The fourth-order valence-electron chi connectivity index (χ4n) is 3.39. The molecule has 158 valence electrons. The zero-order chi connectivity index (χ0) is 21.8. The Balaban J connectivity index is 1.80. The molecule has 1 aromatic heterocycles. The molecule has 0 radical (unpaired) electrons. The number of benzene rings is 2. The monoisotopic (exact) mass is 418 g/mol. The number of esters is 1. The molecule has 0 bridgehead atoms. The summed E-state index contributed by atoms with van der Waals surface area (Å²) < 4.78 is 15.4. The predicted molar refractivity (Wildman–Crippen MR) is 116 cm³/mol. The van der Waals surface area contributed by atoms with E-state index in [1.165, 1.54) is 7.11 Å². The number of methoxy groups -OCH3 is 3. The van der Waals surface area contributed by atoms with Gasteiger partial charge in [0.15, 0.2) is 0 Å². The average Bonchev–Trinajstić information content (AvgIpc) is 3.33. The van der Waals surface area contributed by atoms with Crippen LogP contribution in [0, 0.1) is 0 Å². The van der Waals surface area contributed by atoms with Crippen LogP contribution in [0.4, 0.5) is 5.95 Å². The van der Waals surface area contributed by atoms with E-state index in [4.69, 9.17) is 19.2 Å². The van der Waals surface area contributed by atoms with Crippen LogP contribution in [0.15, 0.2) is 60.7 Å². The van der Waals surface area contributed by atoms with Gasteiger partial charge < -0.3 is 19.1 Å². The van der Waals surface area contributed by atoms with Crippen LogP contribution >= 0.6 is 0 Å². The fraction of sp³-hybridized carbons (Fsp3) is 0.217. The lowest BCUT2D eigenvalue weighted by atomic mass is 10.0. The van der Waals surface area contributed by atoms with Crippen LogP contribution in [-0.2, 0) is 9.53 Å². The summed E-state index contributed by atoms with van der Waals surface area (Å²) >= 11 is 0. The van der Waals surface area contributed by atoms with Crippen LogP contribution in [0.25, 0.3) is 22.5 Å². The van der Waals surface area contributed by atoms with Crippen LogP contribution < -0.4 is 14.4 Å². The van der Waals surface area contributed by atoms with Crippen molar-refractivity contribution in [1.82, 2.24) is 15.2 Å². The van der Waals surface area contributed by atoms with Crippen molar-refractivity contribution in [2.75, 3.05) is 32.8 Å². The summed E-state index contributed by atoms with van der Waals surface area (Å²) in [6.07, 6.45) is 3.66. The molecule has 8 nitrogen and oxygen atoms in total. The number of nitrogens with zero attached hydrogens (tertiary/aromatic N) is 4. The van der Waals surface area contributed by atoms with Crippen LogP contribution in [0.5, 0.6) is 11.5 Å². The molecule has 31 heavy (non-hydrogen) atoms. The van der Waals surface area contributed by atoms with Crippen molar-refractivity contribution >= 4 is 11.9 Å². The molecule has 1 unspecified atom stereocenters. The molecule has 0 N–H and O–H groups in total. The molecule has 1 aliphatic rings. The van der Waals surface area contributed by atoms with Crippen LogP contribution in [0.2, 0.25) is 0 Å². The van der Waals surface area contributed by atoms with Gasteiger partial charge in [0.2, 0.25) is 5.95 Å². The molecule has 2 aromatic carbocycles.